The number of nitrogens with zero attached hydrogens (tertiary/aromatic N) is 5. The number of piperazine rings is 1. The Balaban J connectivity index is 1.56. The van der Waals surface area contributed by atoms with Crippen molar-refractivity contribution in [1.82, 2.24) is 19.6 Å². The van der Waals surface area contributed by atoms with E-state index in [1.807, 2.05) is 73.7 Å². The first-order chi connectivity index (χ1) is 22.7. The third-order valence-corrected chi connectivity index (χ3v) is 10.1. The Hall–Kier alpha value is -4.48. The molecule has 1 fully saturated rings. The van der Waals surface area contributed by atoms with Crippen LogP contribution in [0.1, 0.15) is 28.9 Å². The molecule has 0 unspecified atom stereocenters. The SMILES string of the molecule is COc1ccc(OC)c([C@H]2SCC(=O)N(CC(=O)N3CCN(C(C)=O)CC3)c3c2c(-c2ccc(Cl)cc2)nn3-c2ccc(C)cc2)c1. The first-order valence-electron chi connectivity index (χ1n) is 15.3. The number of amides is 3. The van der Waals surface area contributed by atoms with Crippen LogP contribution in [-0.2, 0) is 14.4 Å². The zero-order valence-corrected chi connectivity index (χ0v) is 28.3. The summed E-state index contributed by atoms with van der Waals surface area (Å²) in [5.74, 6) is 1.48. The van der Waals surface area contributed by atoms with Crippen LogP contribution in [0, 0.1) is 6.92 Å². The summed E-state index contributed by atoms with van der Waals surface area (Å²) in [6.45, 7) is 5.08. The number of carbonyl (C=O) groups excluding carboxylic acids is 3. The van der Waals surface area contributed by atoms with Crippen LogP contribution in [0.25, 0.3) is 16.9 Å². The highest BCUT2D eigenvalue weighted by atomic mass is 35.5. The number of thioether (sulfide) groups is 1. The van der Waals surface area contributed by atoms with Gasteiger partial charge in [-0.15, -0.1) is 11.8 Å². The van der Waals surface area contributed by atoms with Crippen molar-refractivity contribution in [3.05, 3.63) is 88.4 Å². The van der Waals surface area contributed by atoms with E-state index in [2.05, 4.69) is 0 Å². The predicted octanol–water partition coefficient (Wildman–Crippen LogP) is 5.38. The van der Waals surface area contributed by atoms with Crippen molar-refractivity contribution in [2.24, 2.45) is 0 Å². The molecule has 0 aliphatic carbocycles. The molecule has 3 aromatic carbocycles. The van der Waals surface area contributed by atoms with Gasteiger partial charge in [0.25, 0.3) is 0 Å². The number of aromatic nitrogens is 2. The monoisotopic (exact) mass is 673 g/mol. The molecule has 2 aliphatic rings. The fraction of sp³-hybridized carbons (Fsp3) is 0.314. The normalized spacial score (nSPS) is 16.5. The van der Waals surface area contributed by atoms with Crippen molar-refractivity contribution >= 4 is 46.9 Å². The highest BCUT2D eigenvalue weighted by molar-refractivity contribution is 8.00. The molecule has 2 aliphatic heterocycles. The number of aryl methyl sites for hydroxylation is 1. The average molecular weight is 674 g/mol. The third-order valence-electron chi connectivity index (χ3n) is 8.58. The van der Waals surface area contributed by atoms with Crippen molar-refractivity contribution in [1.29, 1.82) is 0 Å². The molecular formula is C35H36ClN5O5S. The van der Waals surface area contributed by atoms with Gasteiger partial charge in [0.1, 0.15) is 23.9 Å². The summed E-state index contributed by atoms with van der Waals surface area (Å²) in [7, 11) is 3.23. The molecule has 1 saturated heterocycles. The van der Waals surface area contributed by atoms with E-state index in [1.54, 1.807) is 33.6 Å². The fourth-order valence-electron chi connectivity index (χ4n) is 6.00. The topological polar surface area (TPSA) is 97.2 Å². The largest absolute Gasteiger partial charge is 0.497 e. The summed E-state index contributed by atoms with van der Waals surface area (Å²) in [4.78, 5) is 45.0. The zero-order valence-electron chi connectivity index (χ0n) is 26.7. The lowest BCUT2D eigenvalue weighted by Gasteiger charge is -2.35. The van der Waals surface area contributed by atoms with E-state index in [4.69, 9.17) is 26.2 Å². The van der Waals surface area contributed by atoms with Gasteiger partial charge in [0.15, 0.2) is 0 Å². The molecule has 244 valence electrons. The molecule has 0 bridgehead atoms. The molecule has 0 N–H and O–H groups in total. The first-order valence-corrected chi connectivity index (χ1v) is 16.7. The van der Waals surface area contributed by atoms with Gasteiger partial charge in [0, 0.05) is 54.8 Å². The van der Waals surface area contributed by atoms with Crippen LogP contribution in [0.15, 0.2) is 66.7 Å². The van der Waals surface area contributed by atoms with Gasteiger partial charge in [-0.3, -0.25) is 19.3 Å². The van der Waals surface area contributed by atoms with E-state index in [0.717, 1.165) is 27.9 Å². The number of ether oxygens (including phenoxy) is 2. The average Bonchev–Trinajstić information content (AvgIpc) is 3.41. The number of hydrogen-bond acceptors (Lipinski definition) is 7. The summed E-state index contributed by atoms with van der Waals surface area (Å²) >= 11 is 7.76. The molecule has 0 saturated carbocycles. The Bertz CT molecular complexity index is 1800. The lowest BCUT2D eigenvalue weighted by molar-refractivity contribution is -0.137. The Morgan fingerprint density at radius 2 is 1.62 bits per heavy atom. The van der Waals surface area contributed by atoms with E-state index in [9.17, 15) is 14.4 Å². The second-order valence-corrected chi connectivity index (χ2v) is 13.0. The minimum atomic E-state index is -0.414. The number of hydrogen-bond donors (Lipinski definition) is 0. The van der Waals surface area contributed by atoms with Gasteiger partial charge in [-0.25, -0.2) is 4.68 Å². The van der Waals surface area contributed by atoms with Crippen LogP contribution in [0.4, 0.5) is 5.82 Å². The summed E-state index contributed by atoms with van der Waals surface area (Å²) in [5, 5.41) is 5.34. The van der Waals surface area contributed by atoms with Gasteiger partial charge in [0.2, 0.25) is 17.7 Å². The minimum Gasteiger partial charge on any atom is -0.497 e. The van der Waals surface area contributed by atoms with Crippen LogP contribution in [0.3, 0.4) is 0 Å². The quantitative estimate of drug-likeness (QED) is 0.260. The highest BCUT2D eigenvalue weighted by Crippen LogP contribution is 2.51. The van der Waals surface area contributed by atoms with Crippen LogP contribution in [0.2, 0.25) is 5.02 Å². The zero-order chi connectivity index (χ0) is 33.2. The number of benzene rings is 3. The number of fused-ring (bicyclic) bond motifs is 1. The highest BCUT2D eigenvalue weighted by Gasteiger charge is 2.39. The van der Waals surface area contributed by atoms with Crippen molar-refractivity contribution in [3.63, 3.8) is 0 Å². The molecule has 12 heteroatoms. The number of rotatable bonds is 7. The second-order valence-electron chi connectivity index (χ2n) is 11.5. The van der Waals surface area contributed by atoms with E-state index in [-0.39, 0.29) is 30.0 Å². The van der Waals surface area contributed by atoms with Gasteiger partial charge < -0.3 is 19.3 Å². The maximum Gasteiger partial charge on any atom is 0.242 e. The van der Waals surface area contributed by atoms with E-state index in [1.165, 1.54) is 18.7 Å². The molecule has 3 amide bonds. The molecule has 1 atom stereocenters. The lowest BCUT2D eigenvalue weighted by Crippen LogP contribution is -2.53. The molecule has 1 aromatic heterocycles. The van der Waals surface area contributed by atoms with Crippen molar-refractivity contribution in [2.75, 3.05) is 57.6 Å². The van der Waals surface area contributed by atoms with Gasteiger partial charge in [-0.2, -0.15) is 5.10 Å². The molecular weight excluding hydrogens is 638 g/mol. The molecule has 0 spiro atoms. The molecule has 47 heavy (non-hydrogen) atoms. The van der Waals surface area contributed by atoms with Gasteiger partial charge in [-0.1, -0.05) is 41.4 Å². The Kier molecular flexibility index (Phi) is 9.47. The number of halogens is 1. The molecule has 4 aromatic rings. The van der Waals surface area contributed by atoms with E-state index < -0.39 is 5.25 Å². The van der Waals surface area contributed by atoms with E-state index >= 15 is 0 Å². The lowest BCUT2D eigenvalue weighted by atomic mass is 9.98. The smallest absolute Gasteiger partial charge is 0.242 e. The Morgan fingerprint density at radius 3 is 2.26 bits per heavy atom. The Labute approximate surface area is 283 Å². The van der Waals surface area contributed by atoms with E-state index in [0.29, 0.717) is 54.2 Å². The van der Waals surface area contributed by atoms with Gasteiger partial charge in [0.05, 0.1) is 36.6 Å². The summed E-state index contributed by atoms with van der Waals surface area (Å²) < 4.78 is 13.2. The summed E-state index contributed by atoms with van der Waals surface area (Å²) in [5.41, 5.74) is 4.87. The Morgan fingerprint density at radius 1 is 0.936 bits per heavy atom. The second kappa shape index (κ2) is 13.7. The molecule has 10 nitrogen and oxygen atoms in total. The van der Waals surface area contributed by atoms with Crippen molar-refractivity contribution < 1.29 is 23.9 Å². The standard InChI is InChI=1S/C35H36ClN5O5S/c1-22-5-11-26(12-6-22)41-35-32(33(37-41)24-7-9-25(36)10-8-24)34(28-19-27(45-3)13-14-29(28)46-4)47-21-31(44)40(35)20-30(43)39-17-15-38(16-18-39)23(2)42/h5-14,19,34H,15-18,20-21H2,1-4H3/t34-/m1/s1. The van der Waals surface area contributed by atoms with Crippen LogP contribution in [-0.4, -0.2) is 90.0 Å². The first kappa shape index (κ1) is 32.5. The van der Waals surface area contributed by atoms with Crippen LogP contribution < -0.4 is 14.4 Å². The number of methoxy groups -OCH3 is 2. The van der Waals surface area contributed by atoms with Crippen molar-refractivity contribution in [3.8, 4) is 28.4 Å². The van der Waals surface area contributed by atoms with Gasteiger partial charge >= 0.3 is 0 Å². The number of anilines is 1. The molecule has 0 radical (unpaired) electrons. The number of carbonyl (C=O) groups is 3. The maximum absolute atomic E-state index is 14.2. The maximum atomic E-state index is 14.2. The minimum absolute atomic E-state index is 0.0165. The third kappa shape index (κ3) is 6.55. The summed E-state index contributed by atoms with van der Waals surface area (Å²) in [6.07, 6.45) is 0. The van der Waals surface area contributed by atoms with Crippen molar-refractivity contribution in [2.45, 2.75) is 19.1 Å². The molecule has 3 heterocycles. The van der Waals surface area contributed by atoms with Crippen LogP contribution >= 0.6 is 23.4 Å². The summed E-state index contributed by atoms with van der Waals surface area (Å²) in [6, 6.07) is 21.0. The fourth-order valence-corrected chi connectivity index (χ4v) is 7.34. The predicted molar refractivity (Wildman–Crippen MR) is 184 cm³/mol. The van der Waals surface area contributed by atoms with Gasteiger partial charge in [-0.05, 0) is 49.4 Å². The van der Waals surface area contributed by atoms with Crippen LogP contribution in [0.5, 0.6) is 11.5 Å². The molecule has 6 rings (SSSR count).